The molecule has 0 saturated carbocycles. The number of nitrogens with zero attached hydrogens (tertiary/aromatic N) is 1. The van der Waals surface area contributed by atoms with Crippen molar-refractivity contribution in [3.63, 3.8) is 0 Å². The second kappa shape index (κ2) is 6.47. The van der Waals surface area contributed by atoms with Gasteiger partial charge in [-0.3, -0.25) is 9.69 Å². The van der Waals surface area contributed by atoms with E-state index in [1.54, 1.807) is 23.3 Å². The van der Waals surface area contributed by atoms with Gasteiger partial charge in [-0.1, -0.05) is 30.0 Å². The van der Waals surface area contributed by atoms with Crippen LogP contribution in [0.15, 0.2) is 22.4 Å². The van der Waals surface area contributed by atoms with Crippen LogP contribution < -0.4 is 0 Å². The lowest BCUT2D eigenvalue weighted by Gasteiger charge is -2.13. The van der Waals surface area contributed by atoms with Crippen molar-refractivity contribution in [2.24, 2.45) is 0 Å². The van der Waals surface area contributed by atoms with Crippen LogP contribution in [-0.2, 0) is 9.53 Å². The number of thioether (sulfide) groups is 1. The number of ether oxygens (including phenoxy) is 1. The average Bonchev–Trinajstić information content (AvgIpc) is 2.93. The molecular formula is C12H13NO2S3. The van der Waals surface area contributed by atoms with Crippen LogP contribution in [0.25, 0.3) is 6.08 Å². The lowest BCUT2D eigenvalue weighted by atomic mass is 10.3. The monoisotopic (exact) mass is 299 g/mol. The maximum absolute atomic E-state index is 12.1. The van der Waals surface area contributed by atoms with Gasteiger partial charge in [0.2, 0.25) is 0 Å². The summed E-state index contributed by atoms with van der Waals surface area (Å²) in [6.45, 7) is 1.27. The fourth-order valence-corrected chi connectivity index (χ4v) is 3.59. The normalized spacial score (nSPS) is 18.1. The Bertz CT molecular complexity index is 468. The molecule has 0 spiro atoms. The summed E-state index contributed by atoms with van der Waals surface area (Å²) >= 11 is 8.21. The Morgan fingerprint density at radius 1 is 1.56 bits per heavy atom. The molecule has 0 unspecified atom stereocenters. The number of amides is 1. The Balaban J connectivity index is 2.04. The smallest absolute Gasteiger partial charge is 0.266 e. The summed E-state index contributed by atoms with van der Waals surface area (Å²) in [6.07, 6.45) is 2.70. The van der Waals surface area contributed by atoms with Gasteiger partial charge in [-0.05, 0) is 23.9 Å². The molecule has 0 bridgehead atoms. The highest BCUT2D eigenvalue weighted by atomic mass is 32.2. The zero-order chi connectivity index (χ0) is 13.0. The third-order valence-electron chi connectivity index (χ3n) is 2.42. The number of hydrogen-bond donors (Lipinski definition) is 0. The quantitative estimate of drug-likeness (QED) is 0.475. The number of methoxy groups -OCH3 is 1. The van der Waals surface area contributed by atoms with E-state index in [1.807, 2.05) is 23.6 Å². The van der Waals surface area contributed by atoms with Crippen molar-refractivity contribution in [1.29, 1.82) is 0 Å². The van der Waals surface area contributed by atoms with Gasteiger partial charge in [-0.15, -0.1) is 11.3 Å². The molecule has 2 rings (SSSR count). The first-order valence-electron chi connectivity index (χ1n) is 5.50. The van der Waals surface area contributed by atoms with E-state index in [2.05, 4.69) is 0 Å². The second-order valence-corrected chi connectivity index (χ2v) is 6.35. The third-order valence-corrected chi connectivity index (χ3v) is 4.62. The Hall–Kier alpha value is -0.690. The molecule has 2 heterocycles. The third kappa shape index (κ3) is 3.20. The fraction of sp³-hybridized carbons (Fsp3) is 0.333. The molecule has 3 nitrogen and oxygen atoms in total. The zero-order valence-corrected chi connectivity index (χ0v) is 12.4. The number of hydrogen-bond acceptors (Lipinski definition) is 5. The van der Waals surface area contributed by atoms with Crippen LogP contribution in [0.2, 0.25) is 0 Å². The maximum atomic E-state index is 12.1. The van der Waals surface area contributed by atoms with Crippen molar-refractivity contribution in [1.82, 2.24) is 4.90 Å². The molecule has 1 amide bonds. The molecule has 0 aromatic carbocycles. The summed E-state index contributed by atoms with van der Waals surface area (Å²) in [4.78, 5) is 15.6. The molecule has 0 N–H and O–H groups in total. The van der Waals surface area contributed by atoms with Crippen LogP contribution in [0.1, 0.15) is 11.3 Å². The Morgan fingerprint density at radius 2 is 2.39 bits per heavy atom. The van der Waals surface area contributed by atoms with Crippen LogP contribution in [0.3, 0.4) is 0 Å². The highest BCUT2D eigenvalue weighted by molar-refractivity contribution is 8.26. The Morgan fingerprint density at radius 3 is 3.06 bits per heavy atom. The molecule has 1 aliphatic rings. The van der Waals surface area contributed by atoms with E-state index in [0.29, 0.717) is 22.4 Å². The molecule has 0 aliphatic carbocycles. The van der Waals surface area contributed by atoms with Gasteiger partial charge in [0.15, 0.2) is 0 Å². The number of carbonyl (C=O) groups excluding carboxylic acids is 1. The van der Waals surface area contributed by atoms with E-state index in [-0.39, 0.29) is 5.91 Å². The second-order valence-electron chi connectivity index (χ2n) is 3.70. The number of thiocarbonyl (C=S) groups is 1. The lowest BCUT2D eigenvalue weighted by Crippen LogP contribution is -2.29. The van der Waals surface area contributed by atoms with Crippen LogP contribution in [0, 0.1) is 0 Å². The topological polar surface area (TPSA) is 29.5 Å². The predicted molar refractivity (Wildman–Crippen MR) is 80.7 cm³/mol. The molecule has 1 fully saturated rings. The van der Waals surface area contributed by atoms with E-state index in [4.69, 9.17) is 17.0 Å². The van der Waals surface area contributed by atoms with E-state index in [0.717, 1.165) is 11.3 Å². The number of carbonyl (C=O) groups is 1. The molecule has 1 aromatic rings. The summed E-state index contributed by atoms with van der Waals surface area (Å²) < 4.78 is 5.62. The molecule has 1 aromatic heterocycles. The predicted octanol–water partition coefficient (Wildman–Crippen LogP) is 2.99. The molecule has 96 valence electrons. The number of thiophene rings is 1. The molecule has 18 heavy (non-hydrogen) atoms. The van der Waals surface area contributed by atoms with Gasteiger partial charge in [0.25, 0.3) is 5.91 Å². The first kappa shape index (κ1) is 13.7. The van der Waals surface area contributed by atoms with E-state index < -0.39 is 0 Å². The summed E-state index contributed by atoms with van der Waals surface area (Å²) in [5.74, 6) is 0.00880. The molecule has 1 aliphatic heterocycles. The van der Waals surface area contributed by atoms with Crippen molar-refractivity contribution < 1.29 is 9.53 Å². The zero-order valence-electron chi connectivity index (χ0n) is 9.92. The van der Waals surface area contributed by atoms with Crippen molar-refractivity contribution in [2.45, 2.75) is 6.42 Å². The first-order valence-corrected chi connectivity index (χ1v) is 7.60. The molecule has 6 heteroatoms. The van der Waals surface area contributed by atoms with Gasteiger partial charge in [0, 0.05) is 25.1 Å². The van der Waals surface area contributed by atoms with Gasteiger partial charge in [0.1, 0.15) is 4.32 Å². The molecule has 0 atom stereocenters. The van der Waals surface area contributed by atoms with Crippen LogP contribution >= 0.6 is 35.3 Å². The van der Waals surface area contributed by atoms with Crippen molar-refractivity contribution in [3.05, 3.63) is 27.3 Å². The minimum absolute atomic E-state index is 0.00880. The summed E-state index contributed by atoms with van der Waals surface area (Å²) in [5, 5.41) is 1.99. The summed E-state index contributed by atoms with van der Waals surface area (Å²) in [6, 6.07) is 3.96. The highest BCUT2D eigenvalue weighted by Crippen LogP contribution is 2.33. The largest absolute Gasteiger partial charge is 0.385 e. The van der Waals surface area contributed by atoms with Gasteiger partial charge in [-0.2, -0.15) is 0 Å². The molecule has 0 radical (unpaired) electrons. The van der Waals surface area contributed by atoms with E-state index >= 15 is 0 Å². The average molecular weight is 299 g/mol. The van der Waals surface area contributed by atoms with Crippen molar-refractivity contribution >= 4 is 51.6 Å². The highest BCUT2D eigenvalue weighted by Gasteiger charge is 2.31. The van der Waals surface area contributed by atoms with Crippen LogP contribution in [0.5, 0.6) is 0 Å². The van der Waals surface area contributed by atoms with Crippen molar-refractivity contribution in [3.8, 4) is 0 Å². The van der Waals surface area contributed by atoms with E-state index in [1.165, 1.54) is 11.8 Å². The van der Waals surface area contributed by atoms with Gasteiger partial charge in [-0.25, -0.2) is 0 Å². The van der Waals surface area contributed by atoms with Gasteiger partial charge in [0.05, 0.1) is 4.91 Å². The molecular weight excluding hydrogens is 286 g/mol. The number of rotatable bonds is 5. The minimum atomic E-state index is 0.00880. The first-order chi connectivity index (χ1) is 8.72. The summed E-state index contributed by atoms with van der Waals surface area (Å²) in [7, 11) is 1.65. The Labute approximate surface area is 120 Å². The molecule has 1 saturated heterocycles. The SMILES string of the molecule is COCCCN1C(=O)/C(=C\c2cccs2)SC1=S. The van der Waals surface area contributed by atoms with Gasteiger partial charge >= 0.3 is 0 Å². The lowest BCUT2D eigenvalue weighted by molar-refractivity contribution is -0.122. The Kier molecular flexibility index (Phi) is 4.94. The minimum Gasteiger partial charge on any atom is -0.385 e. The van der Waals surface area contributed by atoms with Crippen molar-refractivity contribution in [2.75, 3.05) is 20.3 Å². The van der Waals surface area contributed by atoms with Gasteiger partial charge < -0.3 is 4.74 Å². The van der Waals surface area contributed by atoms with E-state index in [9.17, 15) is 4.79 Å². The standard InChI is InChI=1S/C12H13NO2S3/c1-15-6-3-5-13-11(14)10(18-12(13)16)8-9-4-2-7-17-9/h2,4,7-8H,3,5-6H2,1H3/b10-8+. The summed E-state index contributed by atoms with van der Waals surface area (Å²) in [5.41, 5.74) is 0. The fourth-order valence-electron chi connectivity index (χ4n) is 1.56. The maximum Gasteiger partial charge on any atom is 0.266 e. The van der Waals surface area contributed by atoms with Crippen LogP contribution in [-0.4, -0.2) is 35.4 Å². The van der Waals surface area contributed by atoms with Crippen LogP contribution in [0.4, 0.5) is 0 Å².